The maximum Gasteiger partial charge on any atom is 0.325 e. The van der Waals surface area contributed by atoms with Crippen LogP contribution in [0, 0.1) is 11.3 Å². The molecule has 4 rings (SSSR count). The monoisotopic (exact) mass is 407 g/mol. The number of thiazole rings is 1. The summed E-state index contributed by atoms with van der Waals surface area (Å²) in [6, 6.07) is 13.5. The summed E-state index contributed by atoms with van der Waals surface area (Å²) in [5.41, 5.74) is 2.27. The third kappa shape index (κ3) is 4.34. The SMILES string of the molecule is N#Cc1cccc(NC(=O)Nc2nc3ccc(C(=O)N4CCOCC4)cc3s2)c1. The Morgan fingerprint density at radius 1 is 1.14 bits per heavy atom. The Kier molecular flexibility index (Phi) is 5.37. The third-order valence-corrected chi connectivity index (χ3v) is 5.34. The van der Waals surface area contributed by atoms with Gasteiger partial charge in [0.15, 0.2) is 5.13 Å². The molecule has 146 valence electrons. The summed E-state index contributed by atoms with van der Waals surface area (Å²) in [5.74, 6) is -0.0340. The average Bonchev–Trinajstić information content (AvgIpc) is 3.15. The molecule has 1 saturated heterocycles. The lowest BCUT2D eigenvalue weighted by Crippen LogP contribution is -2.40. The molecule has 3 aromatic rings. The number of nitrogens with one attached hydrogen (secondary N) is 2. The average molecular weight is 407 g/mol. The van der Waals surface area contributed by atoms with Crippen molar-refractivity contribution in [1.29, 1.82) is 5.26 Å². The van der Waals surface area contributed by atoms with Crippen molar-refractivity contribution in [2.24, 2.45) is 0 Å². The molecule has 0 unspecified atom stereocenters. The zero-order valence-electron chi connectivity index (χ0n) is 15.3. The van der Waals surface area contributed by atoms with Crippen LogP contribution in [0.4, 0.5) is 15.6 Å². The van der Waals surface area contributed by atoms with Gasteiger partial charge in [0.1, 0.15) is 0 Å². The van der Waals surface area contributed by atoms with Gasteiger partial charge in [0, 0.05) is 24.3 Å². The van der Waals surface area contributed by atoms with E-state index in [1.54, 1.807) is 47.4 Å². The van der Waals surface area contributed by atoms with Crippen LogP contribution in [-0.4, -0.2) is 48.1 Å². The van der Waals surface area contributed by atoms with Gasteiger partial charge in [-0.1, -0.05) is 17.4 Å². The fraction of sp³-hybridized carbons (Fsp3) is 0.200. The number of carbonyl (C=O) groups excluding carboxylic acids is 2. The molecule has 1 aliphatic heterocycles. The van der Waals surface area contributed by atoms with E-state index in [1.165, 1.54) is 11.3 Å². The predicted molar refractivity (Wildman–Crippen MR) is 110 cm³/mol. The Balaban J connectivity index is 1.46. The number of hydrogen-bond donors (Lipinski definition) is 2. The molecule has 2 N–H and O–H groups in total. The molecular weight excluding hydrogens is 390 g/mol. The molecule has 0 saturated carbocycles. The smallest absolute Gasteiger partial charge is 0.325 e. The maximum absolute atomic E-state index is 12.6. The highest BCUT2D eigenvalue weighted by Crippen LogP contribution is 2.27. The Labute approximate surface area is 170 Å². The Hall–Kier alpha value is -3.48. The first kappa shape index (κ1) is 18.9. The highest BCUT2D eigenvalue weighted by atomic mass is 32.1. The number of rotatable bonds is 3. The van der Waals surface area contributed by atoms with Crippen LogP contribution in [0.2, 0.25) is 0 Å². The van der Waals surface area contributed by atoms with Gasteiger partial charge >= 0.3 is 6.03 Å². The zero-order valence-corrected chi connectivity index (χ0v) is 16.2. The summed E-state index contributed by atoms with van der Waals surface area (Å²) < 4.78 is 6.10. The normalized spacial score (nSPS) is 13.7. The number of amides is 3. The van der Waals surface area contributed by atoms with E-state index in [-0.39, 0.29) is 5.91 Å². The van der Waals surface area contributed by atoms with Crippen molar-refractivity contribution in [1.82, 2.24) is 9.88 Å². The minimum absolute atomic E-state index is 0.0340. The maximum atomic E-state index is 12.6. The molecule has 9 heteroatoms. The lowest BCUT2D eigenvalue weighted by atomic mass is 10.2. The van der Waals surface area contributed by atoms with Crippen molar-refractivity contribution in [3.63, 3.8) is 0 Å². The van der Waals surface area contributed by atoms with Gasteiger partial charge in [-0.15, -0.1) is 0 Å². The first-order valence-corrected chi connectivity index (χ1v) is 9.80. The number of nitriles is 1. The molecule has 8 nitrogen and oxygen atoms in total. The molecule has 1 fully saturated rings. The minimum Gasteiger partial charge on any atom is -0.378 e. The van der Waals surface area contributed by atoms with Gasteiger partial charge in [0.25, 0.3) is 5.91 Å². The van der Waals surface area contributed by atoms with Crippen LogP contribution < -0.4 is 10.6 Å². The van der Waals surface area contributed by atoms with E-state index in [0.717, 1.165) is 4.70 Å². The molecule has 2 heterocycles. The largest absolute Gasteiger partial charge is 0.378 e. The Bertz CT molecular complexity index is 1110. The van der Waals surface area contributed by atoms with Crippen molar-refractivity contribution in [3.05, 3.63) is 53.6 Å². The van der Waals surface area contributed by atoms with Gasteiger partial charge in [-0.25, -0.2) is 9.78 Å². The topological polar surface area (TPSA) is 107 Å². The molecule has 2 aromatic carbocycles. The summed E-state index contributed by atoms with van der Waals surface area (Å²) in [6.07, 6.45) is 0. The van der Waals surface area contributed by atoms with Gasteiger partial charge in [0.2, 0.25) is 0 Å². The molecule has 3 amide bonds. The van der Waals surface area contributed by atoms with Gasteiger partial charge in [0.05, 0.1) is 35.1 Å². The van der Waals surface area contributed by atoms with E-state index < -0.39 is 6.03 Å². The van der Waals surface area contributed by atoms with E-state index in [4.69, 9.17) is 10.00 Å². The van der Waals surface area contributed by atoms with Crippen LogP contribution in [0.3, 0.4) is 0 Å². The quantitative estimate of drug-likeness (QED) is 0.693. The first-order chi connectivity index (χ1) is 14.1. The second-order valence-corrected chi connectivity index (χ2v) is 7.41. The number of carbonyl (C=O) groups is 2. The molecule has 29 heavy (non-hydrogen) atoms. The van der Waals surface area contributed by atoms with Crippen LogP contribution in [0.15, 0.2) is 42.5 Å². The summed E-state index contributed by atoms with van der Waals surface area (Å²) in [4.78, 5) is 31.0. The van der Waals surface area contributed by atoms with E-state index in [0.29, 0.717) is 53.8 Å². The minimum atomic E-state index is -0.455. The van der Waals surface area contributed by atoms with Crippen molar-refractivity contribution >= 4 is 44.3 Å². The number of urea groups is 1. The highest BCUT2D eigenvalue weighted by molar-refractivity contribution is 7.22. The number of fused-ring (bicyclic) bond motifs is 1. The molecule has 0 spiro atoms. The summed E-state index contributed by atoms with van der Waals surface area (Å²) in [7, 11) is 0. The first-order valence-electron chi connectivity index (χ1n) is 8.98. The van der Waals surface area contributed by atoms with E-state index in [1.807, 2.05) is 6.07 Å². The second kappa shape index (κ2) is 8.26. The Morgan fingerprint density at radius 3 is 2.76 bits per heavy atom. The van der Waals surface area contributed by atoms with Crippen LogP contribution in [-0.2, 0) is 4.74 Å². The van der Waals surface area contributed by atoms with E-state index in [9.17, 15) is 9.59 Å². The van der Waals surface area contributed by atoms with Crippen LogP contribution in [0.5, 0.6) is 0 Å². The molecule has 1 aromatic heterocycles. The fourth-order valence-electron chi connectivity index (χ4n) is 2.99. The molecular formula is C20H17N5O3S. The molecule has 0 atom stereocenters. The lowest BCUT2D eigenvalue weighted by Gasteiger charge is -2.26. The van der Waals surface area contributed by atoms with Crippen molar-refractivity contribution in [2.75, 3.05) is 36.9 Å². The van der Waals surface area contributed by atoms with Crippen LogP contribution >= 0.6 is 11.3 Å². The summed E-state index contributed by atoms with van der Waals surface area (Å²) in [5, 5.41) is 14.7. The lowest BCUT2D eigenvalue weighted by molar-refractivity contribution is 0.0303. The number of morpholine rings is 1. The van der Waals surface area contributed by atoms with E-state index >= 15 is 0 Å². The Morgan fingerprint density at radius 2 is 1.97 bits per heavy atom. The molecule has 0 aliphatic carbocycles. The molecule has 0 radical (unpaired) electrons. The molecule has 1 aliphatic rings. The van der Waals surface area contributed by atoms with Crippen molar-refractivity contribution in [2.45, 2.75) is 0 Å². The van der Waals surface area contributed by atoms with Crippen molar-refractivity contribution in [3.8, 4) is 6.07 Å². The van der Waals surface area contributed by atoms with Gasteiger partial charge in [-0.3, -0.25) is 10.1 Å². The third-order valence-electron chi connectivity index (χ3n) is 4.40. The highest BCUT2D eigenvalue weighted by Gasteiger charge is 2.19. The van der Waals surface area contributed by atoms with Crippen LogP contribution in [0.1, 0.15) is 15.9 Å². The summed E-state index contributed by atoms with van der Waals surface area (Å²) in [6.45, 7) is 2.27. The van der Waals surface area contributed by atoms with Gasteiger partial charge in [-0.05, 0) is 36.4 Å². The number of anilines is 2. The van der Waals surface area contributed by atoms with Gasteiger partial charge in [-0.2, -0.15) is 5.26 Å². The van der Waals surface area contributed by atoms with Crippen LogP contribution in [0.25, 0.3) is 10.2 Å². The zero-order chi connectivity index (χ0) is 20.2. The summed E-state index contributed by atoms with van der Waals surface area (Å²) >= 11 is 1.29. The number of ether oxygens (including phenoxy) is 1. The number of benzene rings is 2. The number of nitrogens with zero attached hydrogens (tertiary/aromatic N) is 3. The second-order valence-electron chi connectivity index (χ2n) is 6.38. The predicted octanol–water partition coefficient (Wildman–Crippen LogP) is 3.28. The van der Waals surface area contributed by atoms with E-state index in [2.05, 4.69) is 15.6 Å². The van der Waals surface area contributed by atoms with Gasteiger partial charge < -0.3 is 15.0 Å². The number of hydrogen-bond acceptors (Lipinski definition) is 6. The molecule has 0 bridgehead atoms. The van der Waals surface area contributed by atoms with Crippen molar-refractivity contribution < 1.29 is 14.3 Å². The fourth-order valence-corrected chi connectivity index (χ4v) is 3.89. The standard InChI is InChI=1S/C20H17N5O3S/c21-12-13-2-1-3-15(10-13)22-19(27)24-20-23-16-5-4-14(11-17(16)29-20)18(26)25-6-8-28-9-7-25/h1-5,10-11H,6-9H2,(H2,22,23,24,27). The number of aromatic nitrogens is 1.